The van der Waals surface area contributed by atoms with E-state index in [1.807, 2.05) is 0 Å². The third kappa shape index (κ3) is 6.39. The van der Waals surface area contributed by atoms with Gasteiger partial charge < -0.3 is 15.0 Å². The van der Waals surface area contributed by atoms with Gasteiger partial charge in [-0.2, -0.15) is 0 Å². The van der Waals surface area contributed by atoms with E-state index in [0.29, 0.717) is 6.10 Å². The second kappa shape index (κ2) is 8.06. The van der Waals surface area contributed by atoms with Crippen LogP contribution in [0.25, 0.3) is 0 Å². The first-order chi connectivity index (χ1) is 8.11. The lowest BCUT2D eigenvalue weighted by atomic mass is 9.96. The van der Waals surface area contributed by atoms with Crippen molar-refractivity contribution in [2.45, 2.75) is 39.7 Å². The van der Waals surface area contributed by atoms with Gasteiger partial charge in [0.15, 0.2) is 0 Å². The standard InChI is InChI=1S/C14H30N2O/c1-12(2)9-15-10-14-5-7-16(8-6-14)11-13(3)17-4/h12-15H,5-11H2,1-4H3. The molecule has 0 saturated carbocycles. The first-order valence-corrected chi connectivity index (χ1v) is 7.07. The zero-order valence-corrected chi connectivity index (χ0v) is 12.0. The van der Waals surface area contributed by atoms with Crippen LogP contribution in [0.1, 0.15) is 33.6 Å². The van der Waals surface area contributed by atoms with E-state index in [9.17, 15) is 0 Å². The van der Waals surface area contributed by atoms with Crippen molar-refractivity contribution in [2.75, 3.05) is 39.8 Å². The number of hydrogen-bond acceptors (Lipinski definition) is 3. The third-order valence-electron chi connectivity index (χ3n) is 3.61. The van der Waals surface area contributed by atoms with E-state index in [2.05, 4.69) is 31.0 Å². The molecule has 0 radical (unpaired) electrons. The lowest BCUT2D eigenvalue weighted by Gasteiger charge is -2.33. The fourth-order valence-electron chi connectivity index (χ4n) is 2.39. The van der Waals surface area contributed by atoms with E-state index in [-0.39, 0.29) is 0 Å². The molecule has 1 N–H and O–H groups in total. The zero-order valence-electron chi connectivity index (χ0n) is 12.0. The van der Waals surface area contributed by atoms with Gasteiger partial charge in [-0.15, -0.1) is 0 Å². The summed E-state index contributed by atoms with van der Waals surface area (Å²) in [6.07, 6.45) is 3.04. The number of likely N-dealkylation sites (tertiary alicyclic amines) is 1. The molecule has 1 aliphatic heterocycles. The Morgan fingerprint density at radius 1 is 1.24 bits per heavy atom. The first kappa shape index (κ1) is 14.9. The molecule has 1 saturated heterocycles. The van der Waals surface area contributed by atoms with Gasteiger partial charge in [-0.1, -0.05) is 13.8 Å². The SMILES string of the molecule is COC(C)CN1CCC(CNCC(C)C)CC1. The Bertz CT molecular complexity index is 189. The predicted octanol–water partition coefficient (Wildman–Crippen LogP) is 1.98. The van der Waals surface area contributed by atoms with Crippen molar-refractivity contribution in [2.24, 2.45) is 11.8 Å². The molecule has 3 nitrogen and oxygen atoms in total. The maximum atomic E-state index is 5.32. The Morgan fingerprint density at radius 3 is 2.41 bits per heavy atom. The molecule has 1 unspecified atom stereocenters. The summed E-state index contributed by atoms with van der Waals surface area (Å²) in [5.74, 6) is 1.64. The van der Waals surface area contributed by atoms with Crippen LogP contribution in [0, 0.1) is 11.8 Å². The average molecular weight is 242 g/mol. The summed E-state index contributed by atoms with van der Waals surface area (Å²) in [5, 5.41) is 3.58. The molecule has 1 aliphatic rings. The molecule has 3 heteroatoms. The quantitative estimate of drug-likeness (QED) is 0.739. The third-order valence-corrected chi connectivity index (χ3v) is 3.61. The Labute approximate surface area is 107 Å². The lowest BCUT2D eigenvalue weighted by Crippen LogP contribution is -2.41. The summed E-state index contributed by atoms with van der Waals surface area (Å²) in [5.41, 5.74) is 0. The van der Waals surface area contributed by atoms with Gasteiger partial charge in [0.05, 0.1) is 6.10 Å². The molecule has 102 valence electrons. The number of piperidine rings is 1. The molecule has 0 aromatic rings. The molecular weight excluding hydrogens is 212 g/mol. The summed E-state index contributed by atoms with van der Waals surface area (Å²) < 4.78 is 5.32. The number of methoxy groups -OCH3 is 1. The highest BCUT2D eigenvalue weighted by Gasteiger charge is 2.19. The Hall–Kier alpha value is -0.120. The Balaban J connectivity index is 2.09. The number of nitrogens with zero attached hydrogens (tertiary/aromatic N) is 1. The molecule has 1 rings (SSSR count). The Kier molecular flexibility index (Phi) is 7.09. The van der Waals surface area contributed by atoms with E-state index in [0.717, 1.165) is 24.9 Å². The number of nitrogens with one attached hydrogen (secondary N) is 1. The van der Waals surface area contributed by atoms with Gasteiger partial charge >= 0.3 is 0 Å². The van der Waals surface area contributed by atoms with Gasteiger partial charge in [0.2, 0.25) is 0 Å². The number of ether oxygens (including phenoxy) is 1. The second-order valence-corrected chi connectivity index (χ2v) is 5.84. The molecular formula is C14H30N2O. The second-order valence-electron chi connectivity index (χ2n) is 5.84. The summed E-state index contributed by atoms with van der Waals surface area (Å²) in [4.78, 5) is 2.53. The summed E-state index contributed by atoms with van der Waals surface area (Å²) in [6, 6.07) is 0. The monoisotopic (exact) mass is 242 g/mol. The van der Waals surface area contributed by atoms with Crippen LogP contribution in [-0.4, -0.2) is 50.8 Å². The van der Waals surface area contributed by atoms with Crippen LogP contribution in [0.5, 0.6) is 0 Å². The lowest BCUT2D eigenvalue weighted by molar-refractivity contribution is 0.0626. The summed E-state index contributed by atoms with van der Waals surface area (Å²) in [7, 11) is 1.80. The van der Waals surface area contributed by atoms with Crippen LogP contribution < -0.4 is 5.32 Å². The smallest absolute Gasteiger partial charge is 0.0670 e. The van der Waals surface area contributed by atoms with Crippen LogP contribution >= 0.6 is 0 Å². The van der Waals surface area contributed by atoms with E-state index >= 15 is 0 Å². The zero-order chi connectivity index (χ0) is 12.7. The number of hydrogen-bond donors (Lipinski definition) is 1. The topological polar surface area (TPSA) is 24.5 Å². The molecule has 17 heavy (non-hydrogen) atoms. The predicted molar refractivity (Wildman–Crippen MR) is 73.3 cm³/mol. The van der Waals surface area contributed by atoms with Gasteiger partial charge in [0.25, 0.3) is 0 Å². The minimum atomic E-state index is 0.366. The van der Waals surface area contributed by atoms with Crippen molar-refractivity contribution in [1.82, 2.24) is 10.2 Å². The highest BCUT2D eigenvalue weighted by atomic mass is 16.5. The highest BCUT2D eigenvalue weighted by molar-refractivity contribution is 4.75. The maximum absolute atomic E-state index is 5.32. The minimum absolute atomic E-state index is 0.366. The molecule has 0 aliphatic carbocycles. The molecule has 0 amide bonds. The van der Waals surface area contributed by atoms with Gasteiger partial charge in [-0.3, -0.25) is 0 Å². The molecule has 1 heterocycles. The van der Waals surface area contributed by atoms with Crippen molar-refractivity contribution >= 4 is 0 Å². The number of rotatable bonds is 7. The molecule has 1 fully saturated rings. The van der Waals surface area contributed by atoms with E-state index < -0.39 is 0 Å². The minimum Gasteiger partial charge on any atom is -0.380 e. The van der Waals surface area contributed by atoms with Gasteiger partial charge in [-0.05, 0) is 57.8 Å². The van der Waals surface area contributed by atoms with Gasteiger partial charge in [0.1, 0.15) is 0 Å². The summed E-state index contributed by atoms with van der Waals surface area (Å²) in [6.45, 7) is 12.6. The fraction of sp³-hybridized carbons (Fsp3) is 1.00. The Morgan fingerprint density at radius 2 is 1.88 bits per heavy atom. The van der Waals surface area contributed by atoms with Crippen LogP contribution in [-0.2, 0) is 4.74 Å². The fourth-order valence-corrected chi connectivity index (χ4v) is 2.39. The molecule has 0 spiro atoms. The molecule has 0 aromatic heterocycles. The van der Waals surface area contributed by atoms with Crippen molar-refractivity contribution < 1.29 is 4.74 Å². The largest absolute Gasteiger partial charge is 0.380 e. The van der Waals surface area contributed by atoms with E-state index in [1.165, 1.54) is 32.5 Å². The average Bonchev–Trinajstić information content (AvgIpc) is 2.31. The molecule has 1 atom stereocenters. The molecule has 0 aromatic carbocycles. The summed E-state index contributed by atoms with van der Waals surface area (Å²) >= 11 is 0. The van der Waals surface area contributed by atoms with Crippen LogP contribution in [0.4, 0.5) is 0 Å². The van der Waals surface area contributed by atoms with Gasteiger partial charge in [-0.25, -0.2) is 0 Å². The van der Waals surface area contributed by atoms with Crippen molar-refractivity contribution in [3.63, 3.8) is 0 Å². The van der Waals surface area contributed by atoms with Crippen LogP contribution in [0.2, 0.25) is 0 Å². The van der Waals surface area contributed by atoms with Crippen LogP contribution in [0.15, 0.2) is 0 Å². The first-order valence-electron chi connectivity index (χ1n) is 7.07. The van der Waals surface area contributed by atoms with E-state index in [4.69, 9.17) is 4.74 Å². The van der Waals surface area contributed by atoms with Crippen LogP contribution in [0.3, 0.4) is 0 Å². The van der Waals surface area contributed by atoms with E-state index in [1.54, 1.807) is 7.11 Å². The molecule has 0 bridgehead atoms. The van der Waals surface area contributed by atoms with Crippen molar-refractivity contribution in [3.05, 3.63) is 0 Å². The van der Waals surface area contributed by atoms with Gasteiger partial charge in [0, 0.05) is 13.7 Å². The van der Waals surface area contributed by atoms with Crippen molar-refractivity contribution in [3.8, 4) is 0 Å². The van der Waals surface area contributed by atoms with Crippen molar-refractivity contribution in [1.29, 1.82) is 0 Å². The normalized spacial score (nSPS) is 21.0. The highest BCUT2D eigenvalue weighted by Crippen LogP contribution is 2.16. The maximum Gasteiger partial charge on any atom is 0.0670 e.